The van der Waals surface area contributed by atoms with Crippen LogP contribution in [0, 0.1) is 23.2 Å². The summed E-state index contributed by atoms with van der Waals surface area (Å²) in [5, 5.41) is 0. The molecule has 1 heterocycles. The van der Waals surface area contributed by atoms with Gasteiger partial charge in [0.25, 0.3) is 0 Å². The first kappa shape index (κ1) is 7.30. The first-order valence-corrected chi connectivity index (χ1v) is 4.58. The molecule has 0 aromatic heterocycles. The molecule has 3 nitrogen and oxygen atoms in total. The van der Waals surface area contributed by atoms with Gasteiger partial charge in [0.1, 0.15) is 0 Å². The fourth-order valence-corrected chi connectivity index (χ4v) is 3.06. The number of carbonyl (C=O) groups excluding carboxylic acids is 2. The Bertz CT molecular complexity index is 344. The lowest BCUT2D eigenvalue weighted by atomic mass is 9.72. The topological polar surface area (TPSA) is 43.4 Å². The van der Waals surface area contributed by atoms with Gasteiger partial charge in [0.15, 0.2) is 0 Å². The minimum Gasteiger partial charge on any atom is -0.392 e. The SMILES string of the molecule is C[C@]12C(=O)OC(=O)C1[C@H]1C=C[C@@H]2C1. The number of allylic oxidation sites excluding steroid dienone is 2. The zero-order chi connectivity index (χ0) is 9.22. The standard InChI is InChI=1S/C10H10O3/c1-10-6-3-2-5(4-6)7(10)8(11)13-9(10)12/h2-3,5-7H,4H2,1H3/t5-,6+,7?,10+/m0/s1. The quantitative estimate of drug-likeness (QED) is 0.314. The van der Waals surface area contributed by atoms with Crippen molar-refractivity contribution in [1.82, 2.24) is 0 Å². The average Bonchev–Trinajstić information content (AvgIpc) is 2.66. The highest BCUT2D eigenvalue weighted by molar-refractivity contribution is 6.00. The molecule has 3 heteroatoms. The van der Waals surface area contributed by atoms with E-state index in [-0.39, 0.29) is 29.7 Å². The molecule has 3 aliphatic rings. The molecule has 1 saturated heterocycles. The maximum absolute atomic E-state index is 11.5. The van der Waals surface area contributed by atoms with Crippen LogP contribution in [0.1, 0.15) is 13.3 Å². The molecule has 0 spiro atoms. The predicted octanol–water partition coefficient (Wildman–Crippen LogP) is 0.898. The van der Waals surface area contributed by atoms with Gasteiger partial charge >= 0.3 is 11.9 Å². The fourth-order valence-electron chi connectivity index (χ4n) is 3.06. The highest BCUT2D eigenvalue weighted by atomic mass is 16.6. The van der Waals surface area contributed by atoms with Gasteiger partial charge in [-0.1, -0.05) is 12.2 Å². The molecule has 1 aliphatic heterocycles. The minimum absolute atomic E-state index is 0.199. The van der Waals surface area contributed by atoms with Gasteiger partial charge in [-0.3, -0.25) is 9.59 Å². The number of esters is 2. The molecule has 68 valence electrons. The zero-order valence-corrected chi connectivity index (χ0v) is 7.32. The van der Waals surface area contributed by atoms with Crippen LogP contribution in [0.4, 0.5) is 0 Å². The molecule has 13 heavy (non-hydrogen) atoms. The normalized spacial score (nSPS) is 51.3. The number of fused-ring (bicyclic) bond motifs is 5. The van der Waals surface area contributed by atoms with Crippen molar-refractivity contribution in [2.45, 2.75) is 13.3 Å². The van der Waals surface area contributed by atoms with Crippen LogP contribution < -0.4 is 0 Å². The summed E-state index contributed by atoms with van der Waals surface area (Å²) in [6.45, 7) is 1.86. The van der Waals surface area contributed by atoms with E-state index >= 15 is 0 Å². The summed E-state index contributed by atoms with van der Waals surface area (Å²) < 4.78 is 4.69. The molecule has 0 radical (unpaired) electrons. The molecule has 1 unspecified atom stereocenters. The lowest BCUT2D eigenvalue weighted by Crippen LogP contribution is -2.34. The van der Waals surface area contributed by atoms with Crippen molar-refractivity contribution in [2.75, 3.05) is 0 Å². The van der Waals surface area contributed by atoms with Gasteiger partial charge in [-0.05, 0) is 25.2 Å². The van der Waals surface area contributed by atoms with Crippen molar-refractivity contribution in [1.29, 1.82) is 0 Å². The lowest BCUT2D eigenvalue weighted by molar-refractivity contribution is -0.156. The predicted molar refractivity (Wildman–Crippen MR) is 43.4 cm³/mol. The van der Waals surface area contributed by atoms with Crippen molar-refractivity contribution >= 4 is 11.9 Å². The fraction of sp³-hybridized carbons (Fsp3) is 0.600. The molecule has 1 saturated carbocycles. The van der Waals surface area contributed by atoms with Crippen LogP contribution >= 0.6 is 0 Å². The van der Waals surface area contributed by atoms with E-state index in [1.807, 2.05) is 6.92 Å². The molecular weight excluding hydrogens is 168 g/mol. The van der Waals surface area contributed by atoms with Gasteiger partial charge in [-0.15, -0.1) is 0 Å². The minimum atomic E-state index is -0.545. The van der Waals surface area contributed by atoms with Gasteiger partial charge in [-0.25, -0.2) is 0 Å². The Hall–Kier alpha value is -1.12. The third-order valence-corrected chi connectivity index (χ3v) is 3.85. The molecule has 4 atom stereocenters. The number of hydrogen-bond donors (Lipinski definition) is 0. The summed E-state index contributed by atoms with van der Waals surface area (Å²) in [6, 6.07) is 0. The van der Waals surface area contributed by atoms with Crippen molar-refractivity contribution < 1.29 is 14.3 Å². The van der Waals surface area contributed by atoms with Crippen LogP contribution in [0.5, 0.6) is 0 Å². The van der Waals surface area contributed by atoms with E-state index in [2.05, 4.69) is 12.2 Å². The molecule has 2 bridgehead atoms. The molecular formula is C10H10O3. The van der Waals surface area contributed by atoms with E-state index < -0.39 is 5.41 Å². The smallest absolute Gasteiger partial charge is 0.320 e. The van der Waals surface area contributed by atoms with E-state index in [1.54, 1.807) is 0 Å². The Balaban J connectivity index is 2.17. The van der Waals surface area contributed by atoms with E-state index in [1.165, 1.54) is 0 Å². The van der Waals surface area contributed by atoms with Crippen molar-refractivity contribution in [3.05, 3.63) is 12.2 Å². The zero-order valence-electron chi connectivity index (χ0n) is 7.32. The summed E-state index contributed by atoms with van der Waals surface area (Å²) in [5.41, 5.74) is -0.545. The maximum Gasteiger partial charge on any atom is 0.320 e. The Morgan fingerprint density at radius 3 is 2.92 bits per heavy atom. The van der Waals surface area contributed by atoms with Crippen LogP contribution in [0.2, 0.25) is 0 Å². The second kappa shape index (κ2) is 1.86. The number of ether oxygens (including phenoxy) is 1. The molecule has 0 aromatic rings. The van der Waals surface area contributed by atoms with Crippen molar-refractivity contribution in [3.8, 4) is 0 Å². The third-order valence-electron chi connectivity index (χ3n) is 3.85. The summed E-state index contributed by atoms with van der Waals surface area (Å²) in [7, 11) is 0. The molecule has 0 amide bonds. The summed E-state index contributed by atoms with van der Waals surface area (Å²) in [5.74, 6) is -0.367. The van der Waals surface area contributed by atoms with Crippen LogP contribution in [0.25, 0.3) is 0 Å². The Morgan fingerprint density at radius 2 is 2.23 bits per heavy atom. The Labute approximate surface area is 75.8 Å². The van der Waals surface area contributed by atoms with E-state index in [4.69, 9.17) is 4.74 Å². The molecule has 0 aromatic carbocycles. The second-order valence-electron chi connectivity index (χ2n) is 4.36. The monoisotopic (exact) mass is 178 g/mol. The van der Waals surface area contributed by atoms with Crippen molar-refractivity contribution in [2.24, 2.45) is 23.2 Å². The first-order chi connectivity index (χ1) is 6.14. The Morgan fingerprint density at radius 1 is 1.46 bits per heavy atom. The molecule has 0 N–H and O–H groups in total. The number of cyclic esters (lactones) is 2. The highest BCUT2D eigenvalue weighted by Gasteiger charge is 2.66. The maximum atomic E-state index is 11.5. The van der Waals surface area contributed by atoms with Crippen LogP contribution in [-0.2, 0) is 14.3 Å². The van der Waals surface area contributed by atoms with E-state index in [0.717, 1.165) is 6.42 Å². The van der Waals surface area contributed by atoms with Crippen molar-refractivity contribution in [3.63, 3.8) is 0 Å². The van der Waals surface area contributed by atoms with Gasteiger partial charge in [0, 0.05) is 0 Å². The van der Waals surface area contributed by atoms with Gasteiger partial charge in [0.2, 0.25) is 0 Å². The van der Waals surface area contributed by atoms with Gasteiger partial charge in [0.05, 0.1) is 11.3 Å². The van der Waals surface area contributed by atoms with Gasteiger partial charge < -0.3 is 4.74 Å². The highest BCUT2D eigenvalue weighted by Crippen LogP contribution is 2.59. The van der Waals surface area contributed by atoms with E-state index in [9.17, 15) is 9.59 Å². The molecule has 3 rings (SSSR count). The van der Waals surface area contributed by atoms with Crippen LogP contribution in [-0.4, -0.2) is 11.9 Å². The molecule has 2 aliphatic carbocycles. The van der Waals surface area contributed by atoms with Gasteiger partial charge in [-0.2, -0.15) is 0 Å². The average molecular weight is 178 g/mol. The van der Waals surface area contributed by atoms with Crippen LogP contribution in [0.3, 0.4) is 0 Å². The number of carbonyl (C=O) groups is 2. The Kier molecular flexibility index (Phi) is 1.05. The first-order valence-electron chi connectivity index (χ1n) is 4.58. The third kappa shape index (κ3) is 0.598. The number of rotatable bonds is 0. The van der Waals surface area contributed by atoms with Crippen LogP contribution in [0.15, 0.2) is 12.2 Å². The second-order valence-corrected chi connectivity index (χ2v) is 4.36. The van der Waals surface area contributed by atoms with E-state index in [0.29, 0.717) is 0 Å². The lowest BCUT2D eigenvalue weighted by Gasteiger charge is -2.25. The molecule has 2 fully saturated rings. The summed E-state index contributed by atoms with van der Waals surface area (Å²) in [4.78, 5) is 22.9. The largest absolute Gasteiger partial charge is 0.392 e. The number of hydrogen-bond acceptors (Lipinski definition) is 3. The summed E-state index contributed by atoms with van der Waals surface area (Å²) in [6.07, 6.45) is 5.06. The summed E-state index contributed by atoms with van der Waals surface area (Å²) >= 11 is 0.